The molecule has 1 aromatic carbocycles. The van der Waals surface area contributed by atoms with Gasteiger partial charge < -0.3 is 15.3 Å². The Balaban J connectivity index is 1.55. The van der Waals surface area contributed by atoms with Crippen LogP contribution >= 0.6 is 0 Å². The molecule has 144 valence electrons. The lowest BCUT2D eigenvalue weighted by molar-refractivity contribution is -0.157. The van der Waals surface area contributed by atoms with Crippen molar-refractivity contribution in [1.29, 1.82) is 0 Å². The van der Waals surface area contributed by atoms with Gasteiger partial charge in [0.15, 0.2) is 17.2 Å². The number of piperidine rings is 1. The molecule has 1 fully saturated rings. The van der Waals surface area contributed by atoms with Gasteiger partial charge in [-0.2, -0.15) is 0 Å². The molecule has 1 amide bonds. The second kappa shape index (κ2) is 8.49. The fourth-order valence-corrected chi connectivity index (χ4v) is 3.21. The van der Waals surface area contributed by atoms with Gasteiger partial charge in [-0.1, -0.05) is 6.07 Å². The van der Waals surface area contributed by atoms with Crippen LogP contribution < -0.4 is 5.32 Å². The number of rotatable bonds is 7. The summed E-state index contributed by atoms with van der Waals surface area (Å²) >= 11 is 0. The average molecular weight is 376 g/mol. The summed E-state index contributed by atoms with van der Waals surface area (Å²) in [6.45, 7) is 1.29. The van der Waals surface area contributed by atoms with Crippen LogP contribution in [-0.4, -0.2) is 51.1 Å². The van der Waals surface area contributed by atoms with Crippen molar-refractivity contribution in [2.45, 2.75) is 31.4 Å². The first-order chi connectivity index (χ1) is 13.0. The topological polar surface area (TPSA) is 78.4 Å². The Hall–Kier alpha value is -2.45. The Morgan fingerprint density at radius 2 is 2.11 bits per heavy atom. The van der Waals surface area contributed by atoms with E-state index in [-0.39, 0.29) is 13.1 Å². The third kappa shape index (κ3) is 4.84. The van der Waals surface area contributed by atoms with E-state index in [1.54, 1.807) is 18.6 Å². The van der Waals surface area contributed by atoms with E-state index in [9.17, 15) is 18.7 Å². The third-order valence-corrected chi connectivity index (χ3v) is 4.65. The summed E-state index contributed by atoms with van der Waals surface area (Å²) in [6.07, 6.45) is 6.52. The van der Waals surface area contributed by atoms with E-state index in [4.69, 9.17) is 0 Å². The van der Waals surface area contributed by atoms with Gasteiger partial charge in [-0.3, -0.25) is 14.8 Å². The molecule has 0 aliphatic carbocycles. The number of carbonyl (C=O) groups is 1. The molecular formula is C19H22F2N4O2. The zero-order chi connectivity index (χ0) is 19.3. The highest BCUT2D eigenvalue weighted by atomic mass is 19.2. The van der Waals surface area contributed by atoms with Crippen LogP contribution in [0.2, 0.25) is 0 Å². The SMILES string of the molecule is O=C1N(Cc2ccc(F)c(F)c2)CCCC1(O)CNCCc1cnccn1. The number of aliphatic hydroxyl groups is 1. The van der Waals surface area contributed by atoms with Crippen molar-refractivity contribution in [3.05, 3.63) is 59.7 Å². The van der Waals surface area contributed by atoms with Gasteiger partial charge >= 0.3 is 0 Å². The van der Waals surface area contributed by atoms with Gasteiger partial charge in [-0.05, 0) is 30.5 Å². The molecule has 1 atom stereocenters. The molecular weight excluding hydrogens is 354 g/mol. The predicted molar refractivity (Wildman–Crippen MR) is 94.6 cm³/mol. The molecule has 1 aliphatic rings. The number of carbonyl (C=O) groups excluding carboxylic acids is 1. The van der Waals surface area contributed by atoms with Crippen molar-refractivity contribution >= 4 is 5.91 Å². The maximum Gasteiger partial charge on any atom is 0.256 e. The lowest BCUT2D eigenvalue weighted by Gasteiger charge is -2.38. The largest absolute Gasteiger partial charge is 0.379 e. The van der Waals surface area contributed by atoms with Crippen LogP contribution in [-0.2, 0) is 17.8 Å². The van der Waals surface area contributed by atoms with Gasteiger partial charge in [0.25, 0.3) is 5.91 Å². The van der Waals surface area contributed by atoms with E-state index in [0.717, 1.165) is 17.8 Å². The van der Waals surface area contributed by atoms with E-state index in [0.29, 0.717) is 37.9 Å². The van der Waals surface area contributed by atoms with E-state index >= 15 is 0 Å². The standard InChI is InChI=1S/C19H22F2N4O2/c20-16-3-2-14(10-17(16)21)12-25-9-1-5-19(27,18(25)26)13-23-6-4-15-11-22-7-8-24-15/h2-3,7-8,10-11,23,27H,1,4-6,9,12-13H2. The second-order valence-electron chi connectivity index (χ2n) is 6.73. The second-order valence-corrected chi connectivity index (χ2v) is 6.73. The number of halogens is 2. The predicted octanol–water partition coefficient (Wildman–Crippen LogP) is 1.44. The van der Waals surface area contributed by atoms with Crippen LogP contribution in [0.15, 0.2) is 36.8 Å². The maximum absolute atomic E-state index is 13.4. The first-order valence-electron chi connectivity index (χ1n) is 8.89. The first-order valence-corrected chi connectivity index (χ1v) is 8.89. The van der Waals surface area contributed by atoms with Gasteiger partial charge in [0, 0.05) is 51.2 Å². The molecule has 0 spiro atoms. The van der Waals surface area contributed by atoms with E-state index in [1.165, 1.54) is 11.0 Å². The molecule has 1 aromatic heterocycles. The molecule has 2 N–H and O–H groups in total. The van der Waals surface area contributed by atoms with Crippen LogP contribution in [0.25, 0.3) is 0 Å². The van der Waals surface area contributed by atoms with Crippen LogP contribution in [0.1, 0.15) is 24.1 Å². The molecule has 2 aromatic rings. The molecule has 3 rings (SSSR count). The molecule has 0 bridgehead atoms. The normalized spacial score (nSPS) is 20.1. The number of benzene rings is 1. The minimum atomic E-state index is -1.50. The molecule has 2 heterocycles. The van der Waals surface area contributed by atoms with Crippen molar-refractivity contribution in [3.8, 4) is 0 Å². The van der Waals surface area contributed by atoms with Crippen LogP contribution in [0, 0.1) is 11.6 Å². The van der Waals surface area contributed by atoms with Crippen LogP contribution in [0.3, 0.4) is 0 Å². The van der Waals surface area contributed by atoms with Crippen molar-refractivity contribution in [3.63, 3.8) is 0 Å². The summed E-state index contributed by atoms with van der Waals surface area (Å²) < 4.78 is 26.4. The van der Waals surface area contributed by atoms with Crippen LogP contribution in [0.5, 0.6) is 0 Å². The van der Waals surface area contributed by atoms with E-state index in [2.05, 4.69) is 15.3 Å². The Morgan fingerprint density at radius 3 is 2.85 bits per heavy atom. The molecule has 6 nitrogen and oxygen atoms in total. The highest BCUT2D eigenvalue weighted by Gasteiger charge is 2.41. The Morgan fingerprint density at radius 1 is 1.26 bits per heavy atom. The number of nitrogens with zero attached hydrogens (tertiary/aromatic N) is 3. The minimum Gasteiger partial charge on any atom is -0.379 e. The highest BCUT2D eigenvalue weighted by Crippen LogP contribution is 2.24. The lowest BCUT2D eigenvalue weighted by atomic mass is 9.91. The summed E-state index contributed by atoms with van der Waals surface area (Å²) in [5.41, 5.74) is -0.187. The van der Waals surface area contributed by atoms with Gasteiger partial charge in [0.1, 0.15) is 0 Å². The van der Waals surface area contributed by atoms with Crippen molar-refractivity contribution in [2.24, 2.45) is 0 Å². The van der Waals surface area contributed by atoms with Crippen LogP contribution in [0.4, 0.5) is 8.78 Å². The summed E-state index contributed by atoms with van der Waals surface area (Å²) in [7, 11) is 0. The zero-order valence-electron chi connectivity index (χ0n) is 14.9. The summed E-state index contributed by atoms with van der Waals surface area (Å²) in [5, 5.41) is 13.9. The van der Waals surface area contributed by atoms with Gasteiger partial charge in [-0.15, -0.1) is 0 Å². The quantitative estimate of drug-likeness (QED) is 0.715. The maximum atomic E-state index is 13.4. The number of nitrogens with one attached hydrogen (secondary N) is 1. The number of aromatic nitrogens is 2. The molecule has 0 radical (unpaired) electrons. The molecule has 1 saturated heterocycles. The molecule has 1 unspecified atom stereocenters. The highest BCUT2D eigenvalue weighted by molar-refractivity contribution is 5.86. The molecule has 0 saturated carbocycles. The third-order valence-electron chi connectivity index (χ3n) is 4.65. The fraction of sp³-hybridized carbons (Fsp3) is 0.421. The Labute approximate surface area is 156 Å². The monoisotopic (exact) mass is 376 g/mol. The lowest BCUT2D eigenvalue weighted by Crippen LogP contribution is -2.57. The van der Waals surface area contributed by atoms with Gasteiger partial charge in [0.05, 0.1) is 5.69 Å². The van der Waals surface area contributed by atoms with Crippen molar-refractivity contribution < 1.29 is 18.7 Å². The molecule has 1 aliphatic heterocycles. The van der Waals surface area contributed by atoms with Crippen molar-refractivity contribution in [2.75, 3.05) is 19.6 Å². The molecule has 8 heteroatoms. The van der Waals surface area contributed by atoms with E-state index in [1.807, 2.05) is 0 Å². The Kier molecular flexibility index (Phi) is 6.08. The smallest absolute Gasteiger partial charge is 0.256 e. The van der Waals surface area contributed by atoms with E-state index < -0.39 is 23.1 Å². The summed E-state index contributed by atoms with van der Waals surface area (Å²) in [6, 6.07) is 3.56. The van der Waals surface area contributed by atoms with Gasteiger partial charge in [0.2, 0.25) is 0 Å². The fourth-order valence-electron chi connectivity index (χ4n) is 3.21. The Bertz CT molecular complexity index is 791. The minimum absolute atomic E-state index is 0.125. The number of hydrogen-bond acceptors (Lipinski definition) is 5. The average Bonchev–Trinajstić information content (AvgIpc) is 2.67. The zero-order valence-corrected chi connectivity index (χ0v) is 14.9. The number of hydrogen-bond donors (Lipinski definition) is 2. The number of likely N-dealkylation sites (tertiary alicyclic amines) is 1. The van der Waals surface area contributed by atoms with Crippen molar-refractivity contribution in [1.82, 2.24) is 20.2 Å². The van der Waals surface area contributed by atoms with Gasteiger partial charge in [-0.25, -0.2) is 8.78 Å². The summed E-state index contributed by atoms with van der Waals surface area (Å²) in [5.74, 6) is -2.27. The molecule has 27 heavy (non-hydrogen) atoms. The first kappa shape index (κ1) is 19.3. The summed E-state index contributed by atoms with van der Waals surface area (Å²) in [4.78, 5) is 22.4. The number of amides is 1.